The van der Waals surface area contributed by atoms with E-state index in [1.807, 2.05) is 30.3 Å². The van der Waals surface area contributed by atoms with E-state index in [1.165, 1.54) is 11.3 Å². The lowest BCUT2D eigenvalue weighted by molar-refractivity contribution is -0.119. The van der Waals surface area contributed by atoms with E-state index in [0.29, 0.717) is 23.2 Å². The summed E-state index contributed by atoms with van der Waals surface area (Å²) >= 11 is 1.36. The van der Waals surface area contributed by atoms with Crippen LogP contribution in [-0.4, -0.2) is 22.2 Å². The van der Waals surface area contributed by atoms with E-state index in [9.17, 15) is 14.7 Å². The molecule has 5 nitrogen and oxygen atoms in total. The van der Waals surface area contributed by atoms with E-state index < -0.39 is 12.3 Å². The Balaban J connectivity index is 1.54. The summed E-state index contributed by atoms with van der Waals surface area (Å²) in [5, 5.41) is 19.5. The van der Waals surface area contributed by atoms with Gasteiger partial charge in [0, 0.05) is 17.2 Å². The maximum atomic E-state index is 12.6. The van der Waals surface area contributed by atoms with Crippen LogP contribution in [-0.2, 0) is 11.2 Å². The minimum atomic E-state index is -1.29. The Morgan fingerprint density at radius 2 is 1.94 bits per heavy atom. The van der Waals surface area contributed by atoms with Crippen LogP contribution < -0.4 is 4.74 Å². The minimum absolute atomic E-state index is 0.0551. The molecule has 0 amide bonds. The van der Waals surface area contributed by atoms with E-state index in [-0.39, 0.29) is 5.92 Å². The van der Waals surface area contributed by atoms with Gasteiger partial charge in [-0.2, -0.15) is 0 Å². The largest absolute Gasteiger partial charge is 0.512 e. The number of aryl methyl sites for hydroxylation is 1. The second kappa shape index (κ2) is 11.4. The van der Waals surface area contributed by atoms with Gasteiger partial charge in [-0.05, 0) is 61.3 Å². The van der Waals surface area contributed by atoms with Crippen LogP contribution in [0.4, 0.5) is 4.79 Å². The lowest BCUT2D eigenvalue weighted by atomic mass is 9.84. The van der Waals surface area contributed by atoms with Gasteiger partial charge in [0.05, 0.1) is 6.10 Å². The molecule has 1 fully saturated rings. The molecule has 168 valence electrons. The Labute approximate surface area is 188 Å². The van der Waals surface area contributed by atoms with Crippen LogP contribution >= 0.6 is 11.3 Å². The monoisotopic (exact) mass is 444 g/mol. The number of thiophene rings is 1. The molecule has 0 saturated heterocycles. The summed E-state index contributed by atoms with van der Waals surface area (Å²) in [5.74, 6) is 0.595. The van der Waals surface area contributed by atoms with Gasteiger partial charge < -0.3 is 14.9 Å². The number of ketones is 1. The van der Waals surface area contributed by atoms with Crippen molar-refractivity contribution in [3.05, 3.63) is 52.4 Å². The number of aliphatic hydroxyl groups is 1. The second-order valence-electron chi connectivity index (χ2n) is 8.40. The van der Waals surface area contributed by atoms with Crippen LogP contribution in [0.2, 0.25) is 0 Å². The molecular weight excluding hydrogens is 412 g/mol. The summed E-state index contributed by atoms with van der Waals surface area (Å²) in [6.07, 6.45) is 6.67. The third-order valence-electron chi connectivity index (χ3n) is 6.16. The van der Waals surface area contributed by atoms with Crippen molar-refractivity contribution in [3.8, 4) is 5.06 Å². The summed E-state index contributed by atoms with van der Waals surface area (Å²) in [7, 11) is 0. The fraction of sp³-hybridized carbons (Fsp3) is 0.520. The molecule has 6 heteroatoms. The Hall–Kier alpha value is -2.18. The molecule has 3 rings (SSSR count). The average molecular weight is 445 g/mol. The van der Waals surface area contributed by atoms with Gasteiger partial charge in [0.2, 0.25) is 0 Å². The van der Waals surface area contributed by atoms with Crippen LogP contribution in [0.15, 0.2) is 36.4 Å². The first-order valence-corrected chi connectivity index (χ1v) is 12.1. The average Bonchev–Trinajstić information content (AvgIpc) is 3.34. The number of hydrogen-bond donors (Lipinski definition) is 2. The molecule has 1 saturated carbocycles. The molecule has 0 radical (unpaired) electrons. The number of carbonyl (C=O) groups is 2. The van der Waals surface area contributed by atoms with Gasteiger partial charge in [0.25, 0.3) is 0 Å². The quantitative estimate of drug-likeness (QED) is 0.305. The van der Waals surface area contributed by atoms with Gasteiger partial charge in [-0.25, -0.2) is 4.79 Å². The van der Waals surface area contributed by atoms with E-state index in [2.05, 4.69) is 11.7 Å². The number of aliphatic hydroxyl groups excluding tert-OH is 1. The summed E-state index contributed by atoms with van der Waals surface area (Å²) in [4.78, 5) is 24.3. The first-order chi connectivity index (χ1) is 15.0. The number of carbonyl (C=O) groups excluding carboxylic acids is 1. The van der Waals surface area contributed by atoms with Gasteiger partial charge >= 0.3 is 6.16 Å². The van der Waals surface area contributed by atoms with Gasteiger partial charge in [0.15, 0.2) is 5.06 Å². The molecule has 3 atom stereocenters. The summed E-state index contributed by atoms with van der Waals surface area (Å²) < 4.78 is 4.69. The molecule has 1 aromatic carbocycles. The number of rotatable bonds is 11. The molecule has 1 aromatic heterocycles. The standard InChI is InChI=1S/C25H32O5S/c1-2-3-4-8-21(26)17-9-11-19(12-10-17)24-18(13-15-22(24)27)6-5-7-20-14-16-23(31-20)30-25(28)29/h9-12,14,16,18,21,24,26H,2-8,13,15H2,1H3,(H,28,29)/t18-,21+,24-/m0/s1. The lowest BCUT2D eigenvalue weighted by Crippen LogP contribution is -2.13. The van der Waals surface area contributed by atoms with Crippen molar-refractivity contribution in [2.24, 2.45) is 5.92 Å². The normalized spacial score (nSPS) is 19.5. The van der Waals surface area contributed by atoms with E-state index >= 15 is 0 Å². The Bertz CT molecular complexity index is 857. The van der Waals surface area contributed by atoms with Gasteiger partial charge in [-0.15, -0.1) is 11.3 Å². The molecule has 1 aliphatic carbocycles. The molecule has 1 heterocycles. The van der Waals surface area contributed by atoms with E-state index in [4.69, 9.17) is 5.11 Å². The van der Waals surface area contributed by atoms with Crippen LogP contribution in [0, 0.1) is 5.92 Å². The smallest absolute Gasteiger partial charge is 0.449 e. The number of carboxylic acid groups (broad SMARTS) is 1. The molecule has 0 unspecified atom stereocenters. The number of hydrogen-bond acceptors (Lipinski definition) is 5. The van der Waals surface area contributed by atoms with Crippen molar-refractivity contribution in [2.75, 3.05) is 0 Å². The van der Waals surface area contributed by atoms with Crippen molar-refractivity contribution < 1.29 is 24.5 Å². The number of ether oxygens (including phenoxy) is 1. The highest BCUT2D eigenvalue weighted by Crippen LogP contribution is 2.40. The highest BCUT2D eigenvalue weighted by Gasteiger charge is 2.35. The van der Waals surface area contributed by atoms with Crippen molar-refractivity contribution in [1.29, 1.82) is 0 Å². The van der Waals surface area contributed by atoms with E-state index in [0.717, 1.165) is 67.4 Å². The fourth-order valence-corrected chi connectivity index (χ4v) is 5.42. The van der Waals surface area contributed by atoms with Crippen LogP contribution in [0.3, 0.4) is 0 Å². The Morgan fingerprint density at radius 3 is 2.65 bits per heavy atom. The third kappa shape index (κ3) is 6.65. The first-order valence-electron chi connectivity index (χ1n) is 11.3. The number of unbranched alkanes of at least 4 members (excludes halogenated alkanes) is 2. The predicted octanol–water partition coefficient (Wildman–Crippen LogP) is 6.50. The number of Topliss-reactive ketones (excluding diaryl/α,β-unsaturated/α-hetero) is 1. The zero-order valence-corrected chi connectivity index (χ0v) is 18.9. The van der Waals surface area contributed by atoms with E-state index in [1.54, 1.807) is 6.07 Å². The van der Waals surface area contributed by atoms with Crippen LogP contribution in [0.25, 0.3) is 0 Å². The van der Waals surface area contributed by atoms with Crippen LogP contribution in [0.1, 0.15) is 86.3 Å². The molecule has 31 heavy (non-hydrogen) atoms. The Kier molecular flexibility index (Phi) is 8.67. The molecule has 2 N–H and O–H groups in total. The van der Waals surface area contributed by atoms with Crippen molar-refractivity contribution in [2.45, 2.75) is 76.7 Å². The summed E-state index contributed by atoms with van der Waals surface area (Å²) in [6.45, 7) is 2.15. The molecule has 0 spiro atoms. The zero-order valence-electron chi connectivity index (χ0n) is 18.1. The van der Waals surface area contributed by atoms with Crippen molar-refractivity contribution in [1.82, 2.24) is 0 Å². The fourth-order valence-electron chi connectivity index (χ4n) is 4.53. The number of benzene rings is 1. The second-order valence-corrected chi connectivity index (χ2v) is 9.53. The topological polar surface area (TPSA) is 83.8 Å². The maximum absolute atomic E-state index is 12.6. The highest BCUT2D eigenvalue weighted by molar-refractivity contribution is 7.13. The molecule has 0 bridgehead atoms. The van der Waals surface area contributed by atoms with Gasteiger partial charge in [-0.1, -0.05) is 50.5 Å². The van der Waals surface area contributed by atoms with Crippen LogP contribution in [0.5, 0.6) is 5.06 Å². The first kappa shape index (κ1) is 23.5. The SMILES string of the molecule is CCCCC[C@@H](O)c1ccc([C@H]2C(=O)CC[C@@H]2CCCc2ccc(OC(=O)O)s2)cc1. The molecule has 1 aliphatic rings. The predicted molar refractivity (Wildman–Crippen MR) is 122 cm³/mol. The molecular formula is C25H32O5S. The highest BCUT2D eigenvalue weighted by atomic mass is 32.1. The minimum Gasteiger partial charge on any atom is -0.449 e. The van der Waals surface area contributed by atoms with Gasteiger partial charge in [-0.3, -0.25) is 4.79 Å². The maximum Gasteiger partial charge on any atom is 0.512 e. The molecule has 0 aliphatic heterocycles. The molecule has 2 aromatic rings. The van der Waals surface area contributed by atoms with Crippen molar-refractivity contribution >= 4 is 23.3 Å². The zero-order chi connectivity index (χ0) is 22.2. The Morgan fingerprint density at radius 1 is 1.16 bits per heavy atom. The third-order valence-corrected chi connectivity index (χ3v) is 7.19. The lowest BCUT2D eigenvalue weighted by Gasteiger charge is -2.20. The summed E-state index contributed by atoms with van der Waals surface area (Å²) in [5.41, 5.74) is 1.99. The van der Waals surface area contributed by atoms with Crippen molar-refractivity contribution in [3.63, 3.8) is 0 Å². The van der Waals surface area contributed by atoms with Gasteiger partial charge in [0.1, 0.15) is 5.78 Å². The summed E-state index contributed by atoms with van der Waals surface area (Å²) in [6, 6.07) is 11.6.